The molecule has 0 aliphatic rings. The normalized spacial score (nSPS) is 10.5. The lowest BCUT2D eigenvalue weighted by Crippen LogP contribution is -2.10. The third kappa shape index (κ3) is 2.62. The first kappa shape index (κ1) is 12.0. The van der Waals surface area contributed by atoms with E-state index in [1.165, 1.54) is 11.8 Å². The van der Waals surface area contributed by atoms with Crippen LogP contribution in [0.1, 0.15) is 10.4 Å². The van der Waals surface area contributed by atoms with Gasteiger partial charge in [-0.05, 0) is 18.2 Å². The molecule has 1 aromatic carbocycles. The molecule has 17 heavy (non-hydrogen) atoms. The van der Waals surface area contributed by atoms with Crippen LogP contribution in [0.2, 0.25) is 5.02 Å². The van der Waals surface area contributed by atoms with E-state index < -0.39 is 5.91 Å². The minimum Gasteiger partial charge on any atom is -0.366 e. The minimum absolute atomic E-state index is 0.402. The number of primary amides is 1. The zero-order valence-corrected chi connectivity index (χ0v) is 10.6. The minimum atomic E-state index is -0.486. The Morgan fingerprint density at radius 1 is 1.53 bits per heavy atom. The predicted octanol–water partition coefficient (Wildman–Crippen LogP) is 2.32. The molecule has 6 heteroatoms. The molecule has 0 aliphatic heterocycles. The Hall–Kier alpha value is -1.46. The molecule has 0 aliphatic carbocycles. The van der Waals surface area contributed by atoms with E-state index >= 15 is 0 Å². The number of carbonyl (C=O) groups excluding carboxylic acids is 1. The van der Waals surface area contributed by atoms with Crippen LogP contribution in [0.5, 0.6) is 0 Å². The van der Waals surface area contributed by atoms with Crippen LogP contribution in [0.15, 0.2) is 40.6 Å². The van der Waals surface area contributed by atoms with Crippen LogP contribution in [0.25, 0.3) is 0 Å². The van der Waals surface area contributed by atoms with E-state index in [1.807, 2.05) is 17.8 Å². The van der Waals surface area contributed by atoms with E-state index in [4.69, 9.17) is 17.3 Å². The quantitative estimate of drug-likeness (QED) is 0.928. The van der Waals surface area contributed by atoms with Gasteiger partial charge < -0.3 is 10.3 Å². The van der Waals surface area contributed by atoms with Gasteiger partial charge in [0.25, 0.3) is 0 Å². The summed E-state index contributed by atoms with van der Waals surface area (Å²) in [5.41, 5.74) is 5.57. The van der Waals surface area contributed by atoms with Crippen LogP contribution in [0.4, 0.5) is 0 Å². The van der Waals surface area contributed by atoms with Crippen molar-refractivity contribution in [3.8, 4) is 0 Å². The molecule has 88 valence electrons. The molecule has 0 saturated heterocycles. The molecule has 0 unspecified atom stereocenters. The highest BCUT2D eigenvalue weighted by Crippen LogP contribution is 2.32. The molecule has 2 N–H and O–H groups in total. The van der Waals surface area contributed by atoms with E-state index in [1.54, 1.807) is 24.4 Å². The number of carbonyl (C=O) groups is 1. The zero-order chi connectivity index (χ0) is 12.4. The van der Waals surface area contributed by atoms with Crippen molar-refractivity contribution in [1.29, 1.82) is 0 Å². The second kappa shape index (κ2) is 4.81. The van der Waals surface area contributed by atoms with Crippen molar-refractivity contribution in [1.82, 2.24) is 9.55 Å². The van der Waals surface area contributed by atoms with Crippen molar-refractivity contribution >= 4 is 29.3 Å². The average molecular weight is 268 g/mol. The number of rotatable bonds is 3. The van der Waals surface area contributed by atoms with E-state index in [0.29, 0.717) is 10.6 Å². The molecule has 4 nitrogen and oxygen atoms in total. The Bertz CT molecular complexity index is 568. The van der Waals surface area contributed by atoms with Crippen molar-refractivity contribution in [2.24, 2.45) is 12.8 Å². The van der Waals surface area contributed by atoms with Gasteiger partial charge in [0, 0.05) is 29.9 Å². The predicted molar refractivity (Wildman–Crippen MR) is 67.3 cm³/mol. The highest BCUT2D eigenvalue weighted by atomic mass is 35.5. The Kier molecular flexibility index (Phi) is 3.40. The molecule has 1 amide bonds. The van der Waals surface area contributed by atoms with Gasteiger partial charge >= 0.3 is 0 Å². The lowest BCUT2D eigenvalue weighted by molar-refractivity contribution is 0.1000. The van der Waals surface area contributed by atoms with Crippen molar-refractivity contribution in [3.05, 3.63) is 41.2 Å². The second-order valence-electron chi connectivity index (χ2n) is 3.43. The lowest BCUT2D eigenvalue weighted by atomic mass is 10.2. The van der Waals surface area contributed by atoms with E-state index in [2.05, 4.69) is 4.98 Å². The standard InChI is InChI=1S/C11H10ClN3OS/c1-15-5-4-14-11(15)17-9-3-2-7(10(13)16)6-8(9)12/h2-6H,1H3,(H2,13,16). The third-order valence-electron chi connectivity index (χ3n) is 2.19. The van der Waals surface area contributed by atoms with Crippen LogP contribution < -0.4 is 5.73 Å². The van der Waals surface area contributed by atoms with Gasteiger partial charge in [-0.15, -0.1) is 0 Å². The van der Waals surface area contributed by atoms with Gasteiger partial charge in [0.15, 0.2) is 5.16 Å². The zero-order valence-electron chi connectivity index (χ0n) is 9.05. The van der Waals surface area contributed by atoms with Gasteiger partial charge in [0.1, 0.15) is 0 Å². The number of benzene rings is 1. The summed E-state index contributed by atoms with van der Waals surface area (Å²) in [6.45, 7) is 0. The first-order valence-corrected chi connectivity index (χ1v) is 6.02. The van der Waals surface area contributed by atoms with E-state index in [0.717, 1.165) is 10.1 Å². The number of halogens is 1. The molecule has 0 spiro atoms. The van der Waals surface area contributed by atoms with Gasteiger partial charge in [-0.2, -0.15) is 0 Å². The monoisotopic (exact) mass is 267 g/mol. The van der Waals surface area contributed by atoms with Crippen molar-refractivity contribution in [2.75, 3.05) is 0 Å². The lowest BCUT2D eigenvalue weighted by Gasteiger charge is -2.05. The number of aryl methyl sites for hydroxylation is 1. The maximum absolute atomic E-state index is 11.0. The summed E-state index contributed by atoms with van der Waals surface area (Å²) in [7, 11) is 1.90. The van der Waals surface area contributed by atoms with Crippen molar-refractivity contribution < 1.29 is 4.79 Å². The first-order valence-electron chi connectivity index (χ1n) is 4.82. The third-order valence-corrected chi connectivity index (χ3v) is 3.77. The number of aromatic nitrogens is 2. The molecule has 2 aromatic rings. The number of nitrogens with zero attached hydrogens (tertiary/aromatic N) is 2. The van der Waals surface area contributed by atoms with Gasteiger partial charge in [-0.1, -0.05) is 23.4 Å². The Balaban J connectivity index is 2.29. The molecular weight excluding hydrogens is 258 g/mol. The number of hydrogen-bond acceptors (Lipinski definition) is 3. The first-order chi connectivity index (χ1) is 8.08. The summed E-state index contributed by atoms with van der Waals surface area (Å²) in [4.78, 5) is 16.0. The van der Waals surface area contributed by atoms with Crippen LogP contribution in [-0.4, -0.2) is 15.5 Å². The van der Waals surface area contributed by atoms with Crippen LogP contribution in [-0.2, 0) is 7.05 Å². The number of nitrogens with two attached hydrogens (primary N) is 1. The molecule has 0 fully saturated rings. The molecule has 0 saturated carbocycles. The summed E-state index contributed by atoms with van der Waals surface area (Å²) in [5, 5.41) is 1.33. The fourth-order valence-corrected chi connectivity index (χ4v) is 2.39. The Morgan fingerprint density at radius 3 is 2.82 bits per heavy atom. The van der Waals surface area contributed by atoms with E-state index in [-0.39, 0.29) is 0 Å². The average Bonchev–Trinajstić information content (AvgIpc) is 2.67. The number of hydrogen-bond donors (Lipinski definition) is 1. The van der Waals surface area contributed by atoms with Crippen LogP contribution >= 0.6 is 23.4 Å². The van der Waals surface area contributed by atoms with Gasteiger partial charge in [-0.25, -0.2) is 4.98 Å². The van der Waals surface area contributed by atoms with Crippen LogP contribution in [0.3, 0.4) is 0 Å². The molecule has 0 atom stereocenters. The number of imidazole rings is 1. The number of amides is 1. The highest BCUT2D eigenvalue weighted by molar-refractivity contribution is 7.99. The molecule has 0 bridgehead atoms. The fraction of sp³-hybridized carbons (Fsp3) is 0.0909. The molecular formula is C11H10ClN3OS. The summed E-state index contributed by atoms with van der Waals surface area (Å²) in [5.74, 6) is -0.486. The molecule has 0 radical (unpaired) electrons. The highest BCUT2D eigenvalue weighted by Gasteiger charge is 2.09. The largest absolute Gasteiger partial charge is 0.366 e. The summed E-state index contributed by atoms with van der Waals surface area (Å²) in [6, 6.07) is 4.98. The summed E-state index contributed by atoms with van der Waals surface area (Å²) < 4.78 is 1.89. The Labute approximate surface area is 108 Å². The fourth-order valence-electron chi connectivity index (χ4n) is 1.29. The smallest absolute Gasteiger partial charge is 0.248 e. The summed E-state index contributed by atoms with van der Waals surface area (Å²) in [6.07, 6.45) is 3.57. The van der Waals surface area contributed by atoms with Crippen LogP contribution in [0, 0.1) is 0 Å². The second-order valence-corrected chi connectivity index (χ2v) is 4.85. The molecule has 2 rings (SSSR count). The van der Waals surface area contributed by atoms with E-state index in [9.17, 15) is 4.79 Å². The van der Waals surface area contributed by atoms with Gasteiger partial charge in [-0.3, -0.25) is 4.79 Å². The molecule has 1 heterocycles. The topological polar surface area (TPSA) is 60.9 Å². The van der Waals surface area contributed by atoms with Gasteiger partial charge in [0.2, 0.25) is 5.91 Å². The van der Waals surface area contributed by atoms with Gasteiger partial charge in [0.05, 0.1) is 5.02 Å². The van der Waals surface area contributed by atoms with Crippen molar-refractivity contribution in [2.45, 2.75) is 10.1 Å². The van der Waals surface area contributed by atoms with Crippen molar-refractivity contribution in [3.63, 3.8) is 0 Å². The maximum atomic E-state index is 11.0. The SMILES string of the molecule is Cn1ccnc1Sc1ccc(C(N)=O)cc1Cl. The Morgan fingerprint density at radius 2 is 2.29 bits per heavy atom. The maximum Gasteiger partial charge on any atom is 0.248 e. The summed E-state index contributed by atoms with van der Waals surface area (Å²) >= 11 is 7.51. The molecule has 1 aromatic heterocycles.